The molecule has 1 aromatic carbocycles. The third kappa shape index (κ3) is 6.81. The first-order valence-corrected chi connectivity index (χ1v) is 10.4. The lowest BCUT2D eigenvalue weighted by molar-refractivity contribution is -0.120. The van der Waals surface area contributed by atoms with Gasteiger partial charge in [0.05, 0.1) is 25.2 Å². The fraction of sp³-hybridized carbons (Fsp3) is 0.562. The Morgan fingerprint density at radius 2 is 2.08 bits per heavy atom. The Kier molecular flexibility index (Phi) is 7.49. The molecule has 0 spiro atoms. The molecule has 1 aliphatic heterocycles. The highest BCUT2D eigenvalue weighted by atomic mass is 35.5. The third-order valence-electron chi connectivity index (χ3n) is 3.89. The Balaban J connectivity index is 1.82. The van der Waals surface area contributed by atoms with Gasteiger partial charge in [0.25, 0.3) is 0 Å². The Hall–Kier alpha value is -1.35. The van der Waals surface area contributed by atoms with Gasteiger partial charge in [0.1, 0.15) is 0 Å². The predicted molar refractivity (Wildman–Crippen MR) is 98.5 cm³/mol. The minimum atomic E-state index is -3.50. The summed E-state index contributed by atoms with van der Waals surface area (Å²) < 4.78 is 30.5. The Morgan fingerprint density at radius 3 is 2.72 bits per heavy atom. The zero-order valence-corrected chi connectivity index (χ0v) is 15.9. The van der Waals surface area contributed by atoms with E-state index in [0.717, 1.165) is 39.1 Å². The SMILES string of the molecule is CS(=O)(=O)N(CCC(=O)NCCN1CCOCC1)c1cccc(Cl)c1. The molecule has 2 rings (SSSR count). The van der Waals surface area contributed by atoms with Crippen LogP contribution in [-0.2, 0) is 19.6 Å². The van der Waals surface area contributed by atoms with Crippen LogP contribution in [-0.4, -0.2) is 71.4 Å². The Labute approximate surface area is 153 Å². The maximum absolute atomic E-state index is 12.0. The molecule has 25 heavy (non-hydrogen) atoms. The molecule has 1 fully saturated rings. The van der Waals surface area contributed by atoms with Gasteiger partial charge in [-0.05, 0) is 18.2 Å². The molecular weight excluding hydrogens is 366 g/mol. The van der Waals surface area contributed by atoms with Crippen molar-refractivity contribution in [1.29, 1.82) is 0 Å². The summed E-state index contributed by atoms with van der Waals surface area (Å²) in [5, 5.41) is 3.28. The van der Waals surface area contributed by atoms with Crippen LogP contribution in [0.25, 0.3) is 0 Å². The largest absolute Gasteiger partial charge is 0.379 e. The first kappa shape index (κ1) is 20.0. The van der Waals surface area contributed by atoms with E-state index in [2.05, 4.69) is 10.2 Å². The van der Waals surface area contributed by atoms with Crippen LogP contribution in [0.2, 0.25) is 5.02 Å². The monoisotopic (exact) mass is 389 g/mol. The molecule has 1 amide bonds. The van der Waals surface area contributed by atoms with Gasteiger partial charge in [-0.25, -0.2) is 8.42 Å². The first-order chi connectivity index (χ1) is 11.9. The van der Waals surface area contributed by atoms with E-state index >= 15 is 0 Å². The number of rotatable bonds is 8. The van der Waals surface area contributed by atoms with Crippen LogP contribution in [0.3, 0.4) is 0 Å². The number of sulfonamides is 1. The molecule has 140 valence electrons. The second kappa shape index (κ2) is 9.38. The van der Waals surface area contributed by atoms with Gasteiger partial charge in [-0.3, -0.25) is 14.0 Å². The highest BCUT2D eigenvalue weighted by molar-refractivity contribution is 7.92. The van der Waals surface area contributed by atoms with Crippen molar-refractivity contribution in [1.82, 2.24) is 10.2 Å². The second-order valence-corrected chi connectivity index (χ2v) is 8.21. The summed E-state index contributed by atoms with van der Waals surface area (Å²) in [6.45, 7) is 4.55. The number of carbonyl (C=O) groups excluding carboxylic acids is 1. The number of ether oxygens (including phenoxy) is 1. The minimum Gasteiger partial charge on any atom is -0.379 e. The molecule has 1 heterocycles. The van der Waals surface area contributed by atoms with Crippen molar-refractivity contribution in [3.05, 3.63) is 29.3 Å². The van der Waals surface area contributed by atoms with Gasteiger partial charge in [0, 0.05) is 44.2 Å². The fourth-order valence-corrected chi connectivity index (χ4v) is 3.69. The summed E-state index contributed by atoms with van der Waals surface area (Å²) in [4.78, 5) is 14.2. The molecule has 0 atom stereocenters. The van der Waals surface area contributed by atoms with Crippen LogP contribution >= 0.6 is 11.6 Å². The standard InChI is InChI=1S/C16H24ClN3O4S/c1-25(22,23)20(15-4-2-3-14(17)13-15)7-5-16(21)18-6-8-19-9-11-24-12-10-19/h2-4,13H,5-12H2,1H3,(H,18,21). The van der Waals surface area contributed by atoms with Crippen molar-refractivity contribution in [2.75, 3.05) is 56.5 Å². The van der Waals surface area contributed by atoms with Crippen molar-refractivity contribution in [2.24, 2.45) is 0 Å². The zero-order chi connectivity index (χ0) is 18.3. The lowest BCUT2D eigenvalue weighted by Gasteiger charge is -2.26. The van der Waals surface area contributed by atoms with Crippen molar-refractivity contribution in [3.8, 4) is 0 Å². The van der Waals surface area contributed by atoms with Crippen LogP contribution in [0.4, 0.5) is 5.69 Å². The number of morpholine rings is 1. The van der Waals surface area contributed by atoms with E-state index in [9.17, 15) is 13.2 Å². The maximum atomic E-state index is 12.0. The number of benzene rings is 1. The average Bonchev–Trinajstić information content (AvgIpc) is 2.55. The van der Waals surface area contributed by atoms with E-state index in [1.807, 2.05) is 0 Å². The van der Waals surface area contributed by atoms with Crippen molar-refractivity contribution in [2.45, 2.75) is 6.42 Å². The number of halogens is 1. The molecule has 1 aromatic rings. The van der Waals surface area contributed by atoms with E-state index in [4.69, 9.17) is 16.3 Å². The molecule has 0 saturated carbocycles. The van der Waals surface area contributed by atoms with E-state index in [-0.39, 0.29) is 18.9 Å². The van der Waals surface area contributed by atoms with E-state index in [1.165, 1.54) is 4.31 Å². The predicted octanol–water partition coefficient (Wildman–Crippen LogP) is 0.945. The molecule has 0 unspecified atom stereocenters. The van der Waals surface area contributed by atoms with E-state index in [0.29, 0.717) is 17.3 Å². The quantitative estimate of drug-likeness (QED) is 0.716. The van der Waals surface area contributed by atoms with Crippen LogP contribution in [0.5, 0.6) is 0 Å². The minimum absolute atomic E-state index is 0.0720. The lowest BCUT2D eigenvalue weighted by Crippen LogP contribution is -2.42. The number of hydrogen-bond acceptors (Lipinski definition) is 5. The number of amides is 1. The fourth-order valence-electron chi connectivity index (χ4n) is 2.59. The molecule has 0 aromatic heterocycles. The van der Waals surface area contributed by atoms with Crippen LogP contribution in [0, 0.1) is 0 Å². The molecule has 7 nitrogen and oxygen atoms in total. The van der Waals surface area contributed by atoms with E-state index < -0.39 is 10.0 Å². The summed E-state index contributed by atoms with van der Waals surface area (Å²) in [6.07, 6.45) is 1.20. The average molecular weight is 390 g/mol. The summed E-state index contributed by atoms with van der Waals surface area (Å²) >= 11 is 5.93. The molecule has 1 aliphatic rings. The van der Waals surface area contributed by atoms with Gasteiger partial charge in [0.15, 0.2) is 0 Å². The topological polar surface area (TPSA) is 79.0 Å². The van der Waals surface area contributed by atoms with Crippen molar-refractivity contribution in [3.63, 3.8) is 0 Å². The number of carbonyl (C=O) groups is 1. The molecule has 1 N–H and O–H groups in total. The molecule has 1 saturated heterocycles. The van der Waals surface area contributed by atoms with Crippen LogP contribution in [0.15, 0.2) is 24.3 Å². The third-order valence-corrected chi connectivity index (χ3v) is 5.32. The van der Waals surface area contributed by atoms with Crippen LogP contribution < -0.4 is 9.62 Å². The van der Waals surface area contributed by atoms with Gasteiger partial charge in [-0.15, -0.1) is 0 Å². The number of anilines is 1. The lowest BCUT2D eigenvalue weighted by atomic mass is 10.3. The van der Waals surface area contributed by atoms with Gasteiger partial charge < -0.3 is 10.1 Å². The first-order valence-electron chi connectivity index (χ1n) is 8.16. The Morgan fingerprint density at radius 1 is 1.36 bits per heavy atom. The summed E-state index contributed by atoms with van der Waals surface area (Å²) in [5.74, 6) is -0.177. The van der Waals surface area contributed by atoms with Gasteiger partial charge in [-0.1, -0.05) is 17.7 Å². The van der Waals surface area contributed by atoms with Gasteiger partial charge in [-0.2, -0.15) is 0 Å². The van der Waals surface area contributed by atoms with Gasteiger partial charge in [0.2, 0.25) is 15.9 Å². The number of nitrogens with one attached hydrogen (secondary N) is 1. The number of nitrogens with zero attached hydrogens (tertiary/aromatic N) is 2. The zero-order valence-electron chi connectivity index (χ0n) is 14.3. The molecular formula is C16H24ClN3O4S. The van der Waals surface area contributed by atoms with Gasteiger partial charge >= 0.3 is 0 Å². The molecule has 9 heteroatoms. The van der Waals surface area contributed by atoms with Crippen LogP contribution in [0.1, 0.15) is 6.42 Å². The van der Waals surface area contributed by atoms with Crippen molar-refractivity contribution >= 4 is 33.2 Å². The second-order valence-electron chi connectivity index (χ2n) is 5.87. The molecule has 0 bridgehead atoms. The van der Waals surface area contributed by atoms with E-state index in [1.54, 1.807) is 24.3 Å². The molecule has 0 radical (unpaired) electrons. The summed E-state index contributed by atoms with van der Waals surface area (Å²) in [5.41, 5.74) is 0.455. The molecule has 0 aliphatic carbocycles. The maximum Gasteiger partial charge on any atom is 0.232 e. The normalized spacial score (nSPS) is 15.8. The highest BCUT2D eigenvalue weighted by Crippen LogP contribution is 2.21. The smallest absolute Gasteiger partial charge is 0.232 e. The highest BCUT2D eigenvalue weighted by Gasteiger charge is 2.19. The number of hydrogen-bond donors (Lipinski definition) is 1. The Bertz CT molecular complexity index is 678. The van der Waals surface area contributed by atoms with Crippen molar-refractivity contribution < 1.29 is 17.9 Å². The summed E-state index contributed by atoms with van der Waals surface area (Å²) in [7, 11) is -3.50. The summed E-state index contributed by atoms with van der Waals surface area (Å²) in [6, 6.07) is 6.57.